The highest BCUT2D eigenvalue weighted by atomic mass is 16.5. The van der Waals surface area contributed by atoms with Crippen molar-refractivity contribution in [3.05, 3.63) is 23.8 Å². The molecular formula is C19H24N2O6. The zero-order chi connectivity index (χ0) is 19.9. The topological polar surface area (TPSA) is 116 Å². The number of ether oxygens (including phenoxy) is 1. The summed E-state index contributed by atoms with van der Waals surface area (Å²) in [6.45, 7) is 3.70. The van der Waals surface area contributed by atoms with Gasteiger partial charge < -0.3 is 14.9 Å². The molecule has 2 amide bonds. The molecule has 1 aromatic carbocycles. The van der Waals surface area contributed by atoms with Gasteiger partial charge in [0.2, 0.25) is 11.8 Å². The Hall–Kier alpha value is -2.61. The van der Waals surface area contributed by atoms with Crippen LogP contribution in [0.4, 0.5) is 0 Å². The first kappa shape index (κ1) is 19.2. The fourth-order valence-electron chi connectivity index (χ4n) is 4.11. The highest BCUT2D eigenvalue weighted by Gasteiger charge is 2.66. The molecule has 1 aromatic rings. The van der Waals surface area contributed by atoms with Gasteiger partial charge in [0, 0.05) is 12.6 Å². The first-order valence-electron chi connectivity index (χ1n) is 8.99. The smallest absolute Gasteiger partial charge is 0.324 e. The van der Waals surface area contributed by atoms with Crippen molar-refractivity contribution in [1.29, 1.82) is 0 Å². The molecule has 0 aliphatic carbocycles. The number of aliphatic carboxylic acids is 1. The molecule has 0 aromatic heterocycles. The third-order valence-electron chi connectivity index (χ3n) is 5.62. The SMILES string of the molecule is CCCCN1C(=O)C2C(c3ccc(O)c(OC)c3)NC(C)(C(=O)O)C2C1=O. The Morgan fingerprint density at radius 3 is 2.63 bits per heavy atom. The van der Waals surface area contributed by atoms with Gasteiger partial charge in [-0.05, 0) is 31.0 Å². The fourth-order valence-corrected chi connectivity index (χ4v) is 4.11. The van der Waals surface area contributed by atoms with Gasteiger partial charge in [0.25, 0.3) is 0 Å². The number of phenols is 1. The van der Waals surface area contributed by atoms with Crippen molar-refractivity contribution in [2.75, 3.05) is 13.7 Å². The van der Waals surface area contributed by atoms with Crippen molar-refractivity contribution >= 4 is 17.8 Å². The number of rotatable bonds is 6. The number of hydrogen-bond donors (Lipinski definition) is 3. The third-order valence-corrected chi connectivity index (χ3v) is 5.62. The van der Waals surface area contributed by atoms with E-state index in [2.05, 4.69) is 5.32 Å². The van der Waals surface area contributed by atoms with Gasteiger partial charge in [-0.3, -0.25) is 24.6 Å². The molecule has 27 heavy (non-hydrogen) atoms. The van der Waals surface area contributed by atoms with E-state index in [4.69, 9.17) is 4.74 Å². The number of amides is 2. The maximum absolute atomic E-state index is 13.0. The number of carbonyl (C=O) groups is 3. The monoisotopic (exact) mass is 376 g/mol. The summed E-state index contributed by atoms with van der Waals surface area (Å²) < 4.78 is 5.12. The molecule has 0 spiro atoms. The molecule has 2 fully saturated rings. The van der Waals surface area contributed by atoms with E-state index < -0.39 is 35.3 Å². The average molecular weight is 376 g/mol. The molecule has 2 aliphatic rings. The molecule has 3 N–H and O–H groups in total. The lowest BCUT2D eigenvalue weighted by molar-refractivity contribution is -0.150. The lowest BCUT2D eigenvalue weighted by Gasteiger charge is -2.27. The number of hydrogen-bond acceptors (Lipinski definition) is 6. The van der Waals surface area contributed by atoms with E-state index >= 15 is 0 Å². The van der Waals surface area contributed by atoms with Crippen LogP contribution >= 0.6 is 0 Å². The summed E-state index contributed by atoms with van der Waals surface area (Å²) in [6.07, 6.45) is 1.49. The van der Waals surface area contributed by atoms with Gasteiger partial charge in [-0.2, -0.15) is 0 Å². The van der Waals surface area contributed by atoms with Gasteiger partial charge in [-0.25, -0.2) is 0 Å². The normalized spacial score (nSPS) is 29.9. The lowest BCUT2D eigenvalue weighted by atomic mass is 9.80. The van der Waals surface area contributed by atoms with Gasteiger partial charge in [0.1, 0.15) is 5.54 Å². The molecule has 8 heteroatoms. The van der Waals surface area contributed by atoms with Crippen LogP contribution in [0, 0.1) is 11.8 Å². The van der Waals surface area contributed by atoms with Crippen LogP contribution in [0.2, 0.25) is 0 Å². The van der Waals surface area contributed by atoms with E-state index in [9.17, 15) is 24.6 Å². The van der Waals surface area contributed by atoms with Crippen LogP contribution in [0.25, 0.3) is 0 Å². The largest absolute Gasteiger partial charge is 0.504 e. The van der Waals surface area contributed by atoms with Crippen LogP contribution in [-0.2, 0) is 14.4 Å². The van der Waals surface area contributed by atoms with Crippen molar-refractivity contribution in [2.24, 2.45) is 11.8 Å². The minimum Gasteiger partial charge on any atom is -0.504 e. The second kappa shape index (κ2) is 6.84. The molecule has 0 saturated carbocycles. The van der Waals surface area contributed by atoms with Gasteiger partial charge in [-0.1, -0.05) is 19.4 Å². The summed E-state index contributed by atoms with van der Waals surface area (Å²) in [5.74, 6) is -3.61. The highest BCUT2D eigenvalue weighted by Crippen LogP contribution is 2.49. The van der Waals surface area contributed by atoms with Crippen molar-refractivity contribution in [3.8, 4) is 11.5 Å². The Morgan fingerprint density at radius 2 is 2.04 bits per heavy atom. The molecule has 2 aliphatic heterocycles. The first-order chi connectivity index (χ1) is 12.8. The standard InChI is InChI=1S/C19H24N2O6/c1-4-5-8-21-16(23)13-14(17(21)24)19(2,18(25)26)20-15(13)10-6-7-11(22)12(9-10)27-3/h6-7,9,13-15,20,22H,4-5,8H2,1-3H3,(H,25,26). The van der Waals surface area contributed by atoms with Crippen LogP contribution in [0.15, 0.2) is 18.2 Å². The number of likely N-dealkylation sites (tertiary alicyclic amines) is 1. The zero-order valence-electron chi connectivity index (χ0n) is 15.6. The number of carboxylic acids is 1. The molecular weight excluding hydrogens is 352 g/mol. The number of methoxy groups -OCH3 is 1. The number of carbonyl (C=O) groups excluding carboxylic acids is 2. The van der Waals surface area contributed by atoms with Crippen molar-refractivity contribution < 1.29 is 29.3 Å². The first-order valence-corrected chi connectivity index (χ1v) is 8.99. The van der Waals surface area contributed by atoms with Crippen LogP contribution in [0.1, 0.15) is 38.3 Å². The predicted molar refractivity (Wildman–Crippen MR) is 95.2 cm³/mol. The summed E-state index contributed by atoms with van der Waals surface area (Å²) in [6, 6.07) is 3.92. The van der Waals surface area contributed by atoms with Crippen LogP contribution in [0.3, 0.4) is 0 Å². The number of imide groups is 1. The Kier molecular flexibility index (Phi) is 4.86. The second-order valence-corrected chi connectivity index (χ2v) is 7.25. The zero-order valence-corrected chi connectivity index (χ0v) is 15.6. The number of phenolic OH excluding ortho intramolecular Hbond substituents is 1. The van der Waals surface area contributed by atoms with Crippen molar-refractivity contribution in [1.82, 2.24) is 10.2 Å². The van der Waals surface area contributed by atoms with E-state index in [0.717, 1.165) is 6.42 Å². The molecule has 4 unspecified atom stereocenters. The molecule has 146 valence electrons. The minimum absolute atomic E-state index is 0.0600. The quantitative estimate of drug-likeness (QED) is 0.641. The van der Waals surface area contributed by atoms with Crippen molar-refractivity contribution in [2.45, 2.75) is 38.3 Å². The number of carboxylic acid groups (broad SMARTS) is 1. The van der Waals surface area contributed by atoms with E-state index in [1.54, 1.807) is 12.1 Å². The molecule has 8 nitrogen and oxygen atoms in total. The minimum atomic E-state index is -1.56. The number of unbranched alkanes of at least 4 members (excludes halogenated alkanes) is 1. The number of benzene rings is 1. The van der Waals surface area contributed by atoms with Crippen LogP contribution in [0.5, 0.6) is 11.5 Å². The number of aromatic hydroxyl groups is 1. The number of nitrogens with zero attached hydrogens (tertiary/aromatic N) is 1. The average Bonchev–Trinajstić information content (AvgIpc) is 3.09. The van der Waals surface area contributed by atoms with Crippen molar-refractivity contribution in [3.63, 3.8) is 0 Å². The van der Waals surface area contributed by atoms with Gasteiger partial charge >= 0.3 is 5.97 Å². The molecule has 2 saturated heterocycles. The summed E-state index contributed by atoms with van der Waals surface area (Å²) in [4.78, 5) is 39.1. The summed E-state index contributed by atoms with van der Waals surface area (Å²) in [5.41, 5.74) is -0.975. The number of nitrogens with one attached hydrogen (secondary N) is 1. The predicted octanol–water partition coefficient (Wildman–Crippen LogP) is 1.29. The Labute approximate surface area is 157 Å². The fraction of sp³-hybridized carbons (Fsp3) is 0.526. The van der Waals surface area contributed by atoms with Gasteiger partial charge in [0.05, 0.1) is 18.9 Å². The summed E-state index contributed by atoms with van der Waals surface area (Å²) in [5, 5.41) is 22.6. The molecule has 3 rings (SSSR count). The van der Waals surface area contributed by atoms with Gasteiger partial charge in [-0.15, -0.1) is 0 Å². The Bertz CT molecular complexity index is 794. The summed E-state index contributed by atoms with van der Waals surface area (Å²) in [7, 11) is 1.40. The molecule has 4 atom stereocenters. The van der Waals surface area contributed by atoms with E-state index in [-0.39, 0.29) is 17.4 Å². The lowest BCUT2D eigenvalue weighted by Crippen LogP contribution is -2.53. The number of fused-ring (bicyclic) bond motifs is 1. The third kappa shape index (κ3) is 2.84. The molecule has 2 heterocycles. The van der Waals surface area contributed by atoms with E-state index in [1.165, 1.54) is 25.0 Å². The Balaban J connectivity index is 2.05. The van der Waals surface area contributed by atoms with Gasteiger partial charge in [0.15, 0.2) is 11.5 Å². The van der Waals surface area contributed by atoms with Crippen LogP contribution < -0.4 is 10.1 Å². The maximum atomic E-state index is 13.0. The summed E-state index contributed by atoms with van der Waals surface area (Å²) >= 11 is 0. The molecule has 0 bridgehead atoms. The maximum Gasteiger partial charge on any atom is 0.324 e. The van der Waals surface area contributed by atoms with E-state index in [0.29, 0.717) is 18.5 Å². The van der Waals surface area contributed by atoms with Crippen LogP contribution in [-0.4, -0.2) is 52.1 Å². The molecule has 0 radical (unpaired) electrons. The second-order valence-electron chi connectivity index (χ2n) is 7.25. The Morgan fingerprint density at radius 1 is 1.33 bits per heavy atom. The van der Waals surface area contributed by atoms with E-state index in [1.807, 2.05) is 6.92 Å². The highest BCUT2D eigenvalue weighted by molar-refractivity contribution is 6.09.